The van der Waals surface area contributed by atoms with Crippen LogP contribution < -0.4 is 4.74 Å². The molecule has 0 aromatic heterocycles. The monoisotopic (exact) mass is 391 g/mol. The van der Waals surface area contributed by atoms with E-state index in [0.29, 0.717) is 13.2 Å². The highest BCUT2D eigenvalue weighted by Crippen LogP contribution is 2.30. The van der Waals surface area contributed by atoms with Crippen LogP contribution in [0.15, 0.2) is 24.3 Å². The number of hydrogen-bond acceptors (Lipinski definition) is 5. The fraction of sp³-hybridized carbons (Fsp3) is 0.636. The molecular formula is C22H33NO5. The van der Waals surface area contributed by atoms with Crippen LogP contribution in [0.25, 0.3) is 0 Å². The molecule has 0 bridgehead atoms. The highest BCUT2D eigenvalue weighted by atomic mass is 16.6. The second kappa shape index (κ2) is 9.80. The lowest BCUT2D eigenvalue weighted by atomic mass is 9.85. The van der Waals surface area contributed by atoms with Gasteiger partial charge in [0.15, 0.2) is 0 Å². The molecular weight excluding hydrogens is 358 g/mol. The number of benzene rings is 1. The first-order valence-corrected chi connectivity index (χ1v) is 10.0. The number of carbonyl (C=O) groups is 2. The summed E-state index contributed by atoms with van der Waals surface area (Å²) in [5, 5.41) is 0. The van der Waals surface area contributed by atoms with Crippen LogP contribution in [-0.4, -0.2) is 42.3 Å². The summed E-state index contributed by atoms with van der Waals surface area (Å²) in [5.74, 6) is 0.583. The zero-order chi connectivity index (χ0) is 20.7. The fourth-order valence-corrected chi connectivity index (χ4v) is 3.47. The number of rotatable bonds is 6. The van der Waals surface area contributed by atoms with Gasteiger partial charge in [-0.25, -0.2) is 4.79 Å². The number of esters is 1. The SMILES string of the molecule is CCOC(=O)C1CCC(N(Cc2ccc(OC)cc2)C(=O)OC(C)(C)C)CC1. The van der Waals surface area contributed by atoms with Gasteiger partial charge >= 0.3 is 12.1 Å². The molecule has 6 nitrogen and oxygen atoms in total. The minimum atomic E-state index is -0.558. The third-order valence-corrected chi connectivity index (χ3v) is 4.90. The Kier molecular flexibility index (Phi) is 7.72. The van der Waals surface area contributed by atoms with Crippen molar-refractivity contribution >= 4 is 12.1 Å². The molecule has 1 saturated carbocycles. The van der Waals surface area contributed by atoms with Crippen molar-refractivity contribution in [1.29, 1.82) is 0 Å². The second-order valence-electron chi connectivity index (χ2n) is 8.21. The van der Waals surface area contributed by atoms with E-state index >= 15 is 0 Å². The lowest BCUT2D eigenvalue weighted by molar-refractivity contribution is -0.149. The first-order chi connectivity index (χ1) is 13.2. The van der Waals surface area contributed by atoms with Gasteiger partial charge in [-0.1, -0.05) is 12.1 Å². The van der Waals surface area contributed by atoms with Crippen molar-refractivity contribution in [2.24, 2.45) is 5.92 Å². The third kappa shape index (κ3) is 6.43. The van der Waals surface area contributed by atoms with E-state index in [0.717, 1.165) is 37.0 Å². The Morgan fingerprint density at radius 2 is 1.68 bits per heavy atom. The van der Waals surface area contributed by atoms with E-state index in [9.17, 15) is 9.59 Å². The predicted octanol–water partition coefficient (Wildman–Crippen LogP) is 4.55. The maximum absolute atomic E-state index is 12.9. The first-order valence-electron chi connectivity index (χ1n) is 10.0. The number of amides is 1. The Morgan fingerprint density at radius 3 is 2.18 bits per heavy atom. The summed E-state index contributed by atoms with van der Waals surface area (Å²) < 4.78 is 16.0. The van der Waals surface area contributed by atoms with Crippen LogP contribution in [0.4, 0.5) is 4.79 Å². The van der Waals surface area contributed by atoms with Crippen LogP contribution in [0.3, 0.4) is 0 Å². The maximum atomic E-state index is 12.9. The van der Waals surface area contributed by atoms with Gasteiger partial charge in [0.2, 0.25) is 0 Å². The molecule has 1 aliphatic rings. The molecule has 0 heterocycles. The summed E-state index contributed by atoms with van der Waals surface area (Å²) in [5.41, 5.74) is 0.455. The van der Waals surface area contributed by atoms with E-state index in [-0.39, 0.29) is 24.0 Å². The average Bonchev–Trinajstić information content (AvgIpc) is 2.65. The Hall–Kier alpha value is -2.24. The van der Waals surface area contributed by atoms with Gasteiger partial charge in [0, 0.05) is 12.6 Å². The van der Waals surface area contributed by atoms with Crippen molar-refractivity contribution < 1.29 is 23.8 Å². The van der Waals surface area contributed by atoms with Crippen LogP contribution in [0, 0.1) is 5.92 Å². The zero-order valence-corrected chi connectivity index (χ0v) is 17.7. The first kappa shape index (κ1) is 22.1. The van der Waals surface area contributed by atoms with Gasteiger partial charge in [-0.2, -0.15) is 0 Å². The molecule has 0 aliphatic heterocycles. The van der Waals surface area contributed by atoms with Crippen LogP contribution in [-0.2, 0) is 20.8 Å². The van der Waals surface area contributed by atoms with Crippen molar-refractivity contribution in [3.8, 4) is 5.75 Å². The molecule has 0 saturated heterocycles. The van der Waals surface area contributed by atoms with Crippen molar-refractivity contribution in [1.82, 2.24) is 4.90 Å². The summed E-state index contributed by atoms with van der Waals surface area (Å²) >= 11 is 0. The molecule has 28 heavy (non-hydrogen) atoms. The Labute approximate surface area is 168 Å². The molecule has 0 N–H and O–H groups in total. The highest BCUT2D eigenvalue weighted by Gasteiger charge is 2.34. The smallest absolute Gasteiger partial charge is 0.410 e. The number of ether oxygens (including phenoxy) is 3. The summed E-state index contributed by atoms with van der Waals surface area (Å²) in [6.45, 7) is 8.30. The summed E-state index contributed by atoms with van der Waals surface area (Å²) in [6, 6.07) is 7.74. The molecule has 2 rings (SSSR count). The molecule has 1 aliphatic carbocycles. The van der Waals surface area contributed by atoms with E-state index in [4.69, 9.17) is 14.2 Å². The maximum Gasteiger partial charge on any atom is 0.410 e. The Morgan fingerprint density at radius 1 is 1.07 bits per heavy atom. The topological polar surface area (TPSA) is 65.1 Å². The van der Waals surface area contributed by atoms with Gasteiger partial charge in [0.05, 0.1) is 19.6 Å². The number of carbonyl (C=O) groups excluding carboxylic acids is 2. The average molecular weight is 392 g/mol. The molecule has 1 aromatic rings. The lowest BCUT2D eigenvalue weighted by Crippen LogP contribution is -2.45. The predicted molar refractivity (Wildman–Crippen MR) is 107 cm³/mol. The quantitative estimate of drug-likeness (QED) is 0.666. The molecule has 0 spiro atoms. The van der Waals surface area contributed by atoms with E-state index in [1.165, 1.54) is 0 Å². The van der Waals surface area contributed by atoms with Crippen molar-refractivity contribution in [2.45, 2.75) is 71.6 Å². The van der Waals surface area contributed by atoms with Gasteiger partial charge in [0.1, 0.15) is 11.4 Å². The minimum Gasteiger partial charge on any atom is -0.497 e. The van der Waals surface area contributed by atoms with Crippen molar-refractivity contribution in [3.05, 3.63) is 29.8 Å². The van der Waals surface area contributed by atoms with E-state index in [1.54, 1.807) is 12.0 Å². The highest BCUT2D eigenvalue weighted by molar-refractivity contribution is 5.72. The molecule has 0 atom stereocenters. The molecule has 1 amide bonds. The van der Waals surface area contributed by atoms with E-state index in [1.807, 2.05) is 52.0 Å². The second-order valence-corrected chi connectivity index (χ2v) is 8.21. The Bertz CT molecular complexity index is 642. The molecule has 1 aromatic carbocycles. The summed E-state index contributed by atoms with van der Waals surface area (Å²) in [4.78, 5) is 26.7. The molecule has 0 radical (unpaired) electrons. The van der Waals surface area contributed by atoms with Crippen LogP contribution in [0.1, 0.15) is 58.9 Å². The third-order valence-electron chi connectivity index (χ3n) is 4.90. The number of methoxy groups -OCH3 is 1. The molecule has 156 valence electrons. The van der Waals surface area contributed by atoms with Crippen LogP contribution >= 0.6 is 0 Å². The van der Waals surface area contributed by atoms with Gasteiger partial charge in [-0.15, -0.1) is 0 Å². The standard InChI is InChI=1S/C22H33NO5/c1-6-27-20(24)17-9-11-18(12-10-17)23(21(25)28-22(2,3)4)15-16-7-13-19(26-5)14-8-16/h7-8,13-14,17-18H,6,9-12,15H2,1-5H3. The van der Waals surface area contributed by atoms with Crippen LogP contribution in [0.2, 0.25) is 0 Å². The summed E-state index contributed by atoms with van der Waals surface area (Å²) in [7, 11) is 1.63. The fourth-order valence-electron chi connectivity index (χ4n) is 3.47. The van der Waals surface area contributed by atoms with E-state index in [2.05, 4.69) is 0 Å². The Balaban J connectivity index is 2.09. The molecule has 6 heteroatoms. The van der Waals surface area contributed by atoms with Crippen LogP contribution in [0.5, 0.6) is 5.75 Å². The molecule has 1 fully saturated rings. The van der Waals surface area contributed by atoms with Crippen molar-refractivity contribution in [3.63, 3.8) is 0 Å². The largest absolute Gasteiger partial charge is 0.497 e. The van der Waals surface area contributed by atoms with Crippen molar-refractivity contribution in [2.75, 3.05) is 13.7 Å². The normalized spacial score (nSPS) is 19.6. The lowest BCUT2D eigenvalue weighted by Gasteiger charge is -2.37. The van der Waals surface area contributed by atoms with Gasteiger partial charge in [0.25, 0.3) is 0 Å². The van der Waals surface area contributed by atoms with E-state index < -0.39 is 5.60 Å². The molecule has 0 unspecified atom stereocenters. The minimum absolute atomic E-state index is 0.0441. The zero-order valence-electron chi connectivity index (χ0n) is 17.7. The van der Waals surface area contributed by atoms with Gasteiger partial charge in [-0.05, 0) is 71.1 Å². The summed E-state index contributed by atoms with van der Waals surface area (Å²) in [6.07, 6.45) is 2.66. The van der Waals surface area contributed by atoms with Gasteiger partial charge in [-0.3, -0.25) is 4.79 Å². The van der Waals surface area contributed by atoms with Gasteiger partial charge < -0.3 is 19.1 Å². The number of nitrogens with zero attached hydrogens (tertiary/aromatic N) is 1. The number of hydrogen-bond donors (Lipinski definition) is 0.